The van der Waals surface area contributed by atoms with Crippen molar-refractivity contribution in [2.24, 2.45) is 4.99 Å². The first-order chi connectivity index (χ1) is 10.7. The van der Waals surface area contributed by atoms with Gasteiger partial charge in [-0.25, -0.2) is 0 Å². The van der Waals surface area contributed by atoms with Gasteiger partial charge in [0.25, 0.3) is 5.92 Å². The first kappa shape index (κ1) is 17.5. The van der Waals surface area contributed by atoms with Crippen LogP contribution in [0.5, 0.6) is 0 Å². The highest BCUT2D eigenvalue weighted by Gasteiger charge is 2.39. The molecule has 0 amide bonds. The van der Waals surface area contributed by atoms with Crippen LogP contribution in [0, 0.1) is 0 Å². The van der Waals surface area contributed by atoms with Crippen LogP contribution in [0.25, 0.3) is 0 Å². The normalized spacial score (nSPS) is 11.9. The van der Waals surface area contributed by atoms with E-state index in [4.69, 9.17) is 11.6 Å². The van der Waals surface area contributed by atoms with E-state index >= 15 is 0 Å². The average Bonchev–Trinajstić information content (AvgIpc) is 2.47. The number of rotatable bonds is 3. The van der Waals surface area contributed by atoms with E-state index in [0.29, 0.717) is 11.8 Å². The molecule has 120 valence electrons. The van der Waals surface area contributed by atoms with E-state index in [2.05, 4.69) is 22.4 Å². The zero-order valence-corrected chi connectivity index (χ0v) is 12.7. The van der Waals surface area contributed by atoms with Crippen LogP contribution < -0.4 is 0 Å². The van der Waals surface area contributed by atoms with Gasteiger partial charge >= 0.3 is 6.18 Å². The highest BCUT2D eigenvalue weighted by Crippen LogP contribution is 2.41. The molecule has 2 rings (SSSR count). The maximum atomic E-state index is 14.4. The number of nitrogens with zero attached hydrogens (tertiary/aromatic N) is 1. The van der Waals surface area contributed by atoms with Crippen molar-refractivity contribution < 1.29 is 22.0 Å². The van der Waals surface area contributed by atoms with Crippen molar-refractivity contribution in [1.82, 2.24) is 0 Å². The first-order valence-electron chi connectivity index (χ1n) is 6.09. The van der Waals surface area contributed by atoms with Crippen LogP contribution in [-0.4, -0.2) is 5.16 Å². The number of benzene rings is 2. The van der Waals surface area contributed by atoms with Crippen molar-refractivity contribution in [3.8, 4) is 0 Å². The number of hydrogen-bond donors (Lipinski definition) is 0. The van der Waals surface area contributed by atoms with Gasteiger partial charge in [0.05, 0.1) is 21.4 Å². The Bertz CT molecular complexity index is 764. The van der Waals surface area contributed by atoms with E-state index in [1.807, 2.05) is 0 Å². The molecule has 0 unspecified atom stereocenters. The molecule has 0 aliphatic carbocycles. The van der Waals surface area contributed by atoms with E-state index in [1.165, 1.54) is 12.1 Å². The molecule has 0 saturated carbocycles. The van der Waals surface area contributed by atoms with E-state index in [1.54, 1.807) is 0 Å². The second kappa shape index (κ2) is 6.35. The van der Waals surface area contributed by atoms with Crippen LogP contribution in [-0.2, 0) is 12.1 Å². The van der Waals surface area contributed by atoms with Gasteiger partial charge in [-0.2, -0.15) is 26.9 Å². The van der Waals surface area contributed by atoms with E-state index in [9.17, 15) is 22.0 Å². The summed E-state index contributed by atoms with van der Waals surface area (Å²) in [5, 5.41) is 1.45. The third kappa shape index (κ3) is 3.75. The molecule has 0 radical (unpaired) electrons. The molecule has 1 nitrogen and oxygen atoms in total. The molecule has 8 heteroatoms. The van der Waals surface area contributed by atoms with Crippen LogP contribution in [0.15, 0.2) is 47.5 Å². The largest absolute Gasteiger partial charge is 0.417 e. The van der Waals surface area contributed by atoms with Crippen molar-refractivity contribution in [3.05, 3.63) is 64.2 Å². The number of hydrogen-bond acceptors (Lipinski definition) is 2. The summed E-state index contributed by atoms with van der Waals surface area (Å²) in [6.07, 6.45) is -4.82. The third-order valence-electron chi connectivity index (χ3n) is 3.04. The summed E-state index contributed by atoms with van der Waals surface area (Å²) in [6.45, 7) is 0. The number of aliphatic imine (C=N–C) groups is 1. The summed E-state index contributed by atoms with van der Waals surface area (Å²) in [5.74, 6) is -3.62. The van der Waals surface area contributed by atoms with Crippen LogP contribution in [0.2, 0.25) is 5.02 Å². The molecule has 0 bridgehead atoms. The smallest absolute Gasteiger partial charge is 0.196 e. The average molecular weight is 364 g/mol. The third-order valence-corrected chi connectivity index (χ3v) is 3.46. The fourth-order valence-corrected chi connectivity index (χ4v) is 2.23. The minimum Gasteiger partial charge on any atom is -0.196 e. The van der Waals surface area contributed by atoms with Gasteiger partial charge in [0.2, 0.25) is 0 Å². The van der Waals surface area contributed by atoms with Crippen LogP contribution in [0.3, 0.4) is 0 Å². The molecule has 0 saturated heterocycles. The minimum absolute atomic E-state index is 0.312. The Morgan fingerprint density at radius 1 is 0.913 bits per heavy atom. The lowest BCUT2D eigenvalue weighted by atomic mass is 9.98. The van der Waals surface area contributed by atoms with Crippen molar-refractivity contribution in [2.45, 2.75) is 12.1 Å². The Labute approximate surface area is 138 Å². The quantitative estimate of drug-likeness (QED) is 0.357. The molecular weight excluding hydrogens is 357 g/mol. The molecule has 0 aliphatic rings. The molecular formula is C15H7ClF5NS. The molecule has 0 heterocycles. The maximum Gasteiger partial charge on any atom is 0.417 e. The topological polar surface area (TPSA) is 12.4 Å². The van der Waals surface area contributed by atoms with Crippen molar-refractivity contribution >= 4 is 34.7 Å². The van der Waals surface area contributed by atoms with Crippen molar-refractivity contribution in [2.75, 3.05) is 0 Å². The van der Waals surface area contributed by atoms with Gasteiger partial charge in [0.1, 0.15) is 0 Å². The van der Waals surface area contributed by atoms with Crippen molar-refractivity contribution in [3.63, 3.8) is 0 Å². The second-order valence-electron chi connectivity index (χ2n) is 4.52. The Morgan fingerprint density at radius 2 is 1.48 bits per heavy atom. The van der Waals surface area contributed by atoms with Gasteiger partial charge < -0.3 is 0 Å². The lowest BCUT2D eigenvalue weighted by molar-refractivity contribution is -0.137. The van der Waals surface area contributed by atoms with Gasteiger partial charge in [-0.1, -0.05) is 29.8 Å². The summed E-state index contributed by atoms with van der Waals surface area (Å²) >= 11 is 9.83. The molecule has 23 heavy (non-hydrogen) atoms. The number of isothiocyanates is 1. The Kier molecular flexibility index (Phi) is 4.84. The fourth-order valence-electron chi connectivity index (χ4n) is 1.90. The summed E-state index contributed by atoms with van der Waals surface area (Å²) in [7, 11) is 0. The van der Waals surface area contributed by atoms with Gasteiger partial charge in [0, 0.05) is 11.1 Å². The fraction of sp³-hybridized carbons (Fsp3) is 0.133. The SMILES string of the molecule is FC(F)(F)c1cc(C(F)(F)c2ccc(N=C=S)cc2)ccc1Cl. The summed E-state index contributed by atoms with van der Waals surface area (Å²) in [5.41, 5.74) is -2.28. The van der Waals surface area contributed by atoms with Crippen molar-refractivity contribution in [1.29, 1.82) is 0 Å². The highest BCUT2D eigenvalue weighted by atomic mass is 35.5. The molecule has 0 atom stereocenters. The van der Waals surface area contributed by atoms with Gasteiger partial charge in [-0.05, 0) is 36.5 Å². The lowest BCUT2D eigenvalue weighted by Crippen LogP contribution is -2.17. The zero-order valence-electron chi connectivity index (χ0n) is 11.2. The standard InChI is InChI=1S/C15H7ClF5NS/c16-13-6-3-10(7-12(13)15(19,20)21)14(17,18)9-1-4-11(5-2-9)22-8-23/h1-7H. The Hall–Kier alpha value is -1.82. The predicted octanol–water partition coefficient (Wildman–Crippen LogP) is 6.23. The maximum absolute atomic E-state index is 14.4. The summed E-state index contributed by atoms with van der Waals surface area (Å²) in [6, 6.07) is 6.68. The molecule has 0 fully saturated rings. The summed E-state index contributed by atoms with van der Waals surface area (Å²) in [4.78, 5) is 3.61. The Balaban J connectivity index is 2.48. The molecule has 2 aromatic rings. The molecule has 0 aliphatic heterocycles. The van der Waals surface area contributed by atoms with E-state index < -0.39 is 33.8 Å². The predicted molar refractivity (Wildman–Crippen MR) is 80.6 cm³/mol. The molecule has 0 spiro atoms. The van der Waals surface area contributed by atoms with Gasteiger partial charge in [-0.15, -0.1) is 0 Å². The lowest BCUT2D eigenvalue weighted by Gasteiger charge is -2.19. The summed E-state index contributed by atoms with van der Waals surface area (Å²) < 4.78 is 67.3. The number of alkyl halides is 5. The van der Waals surface area contributed by atoms with E-state index in [0.717, 1.165) is 24.3 Å². The number of thiocarbonyl (C=S) groups is 1. The first-order valence-corrected chi connectivity index (χ1v) is 6.88. The van der Waals surface area contributed by atoms with E-state index in [-0.39, 0.29) is 0 Å². The van der Waals surface area contributed by atoms with Crippen LogP contribution in [0.4, 0.5) is 27.6 Å². The highest BCUT2D eigenvalue weighted by molar-refractivity contribution is 7.78. The second-order valence-corrected chi connectivity index (χ2v) is 5.11. The van der Waals surface area contributed by atoms with Gasteiger partial charge in [0.15, 0.2) is 0 Å². The minimum atomic E-state index is -4.82. The molecule has 2 aromatic carbocycles. The molecule has 0 aromatic heterocycles. The molecule has 0 N–H and O–H groups in total. The zero-order chi connectivity index (χ0) is 17.3. The monoisotopic (exact) mass is 363 g/mol. The van der Waals surface area contributed by atoms with Crippen LogP contribution in [0.1, 0.15) is 16.7 Å². The van der Waals surface area contributed by atoms with Crippen LogP contribution >= 0.6 is 23.8 Å². The van der Waals surface area contributed by atoms with Gasteiger partial charge in [-0.3, -0.25) is 0 Å². The Morgan fingerprint density at radius 3 is 2.00 bits per heavy atom. The number of halogens is 6.